The predicted molar refractivity (Wildman–Crippen MR) is 95.6 cm³/mol. The van der Waals surface area contributed by atoms with Crippen molar-refractivity contribution >= 4 is 17.6 Å². The van der Waals surface area contributed by atoms with Gasteiger partial charge in [0, 0.05) is 13.1 Å². The highest BCUT2D eigenvalue weighted by Gasteiger charge is 2.29. The first-order valence-corrected chi connectivity index (χ1v) is 8.70. The van der Waals surface area contributed by atoms with Crippen LogP contribution in [0.2, 0.25) is 0 Å². The largest absolute Gasteiger partial charge is 0.348 e. The fraction of sp³-hybridized carbons (Fsp3) is 0.556. The number of para-hydroxylation sites is 1. The third kappa shape index (κ3) is 5.17. The summed E-state index contributed by atoms with van der Waals surface area (Å²) in [6.07, 6.45) is 0.850. The van der Waals surface area contributed by atoms with Gasteiger partial charge in [-0.25, -0.2) is 4.79 Å². The number of amides is 3. The summed E-state index contributed by atoms with van der Waals surface area (Å²) in [4.78, 5) is 26.5. The Balaban J connectivity index is 2.00. The number of rotatable bonds is 6. The lowest BCUT2D eigenvalue weighted by molar-refractivity contribution is -0.250. The number of nitrogens with zero attached hydrogens (tertiary/aromatic N) is 1. The molecule has 0 unspecified atom stereocenters. The van der Waals surface area contributed by atoms with Gasteiger partial charge in [-0.3, -0.25) is 4.79 Å². The highest BCUT2D eigenvalue weighted by atomic mass is 16.7. The monoisotopic (exact) mass is 349 g/mol. The zero-order valence-electron chi connectivity index (χ0n) is 15.1. The average molecular weight is 349 g/mol. The third-order valence-electron chi connectivity index (χ3n) is 4.13. The lowest BCUT2D eigenvalue weighted by Gasteiger charge is -2.33. The summed E-state index contributed by atoms with van der Waals surface area (Å²) < 4.78 is 11.1. The average Bonchev–Trinajstić information content (AvgIpc) is 2.62. The Morgan fingerprint density at radius 3 is 2.44 bits per heavy atom. The topological polar surface area (TPSA) is 79.9 Å². The van der Waals surface area contributed by atoms with Crippen molar-refractivity contribution < 1.29 is 19.1 Å². The van der Waals surface area contributed by atoms with Gasteiger partial charge in [-0.2, -0.15) is 0 Å². The highest BCUT2D eigenvalue weighted by Crippen LogP contribution is 2.19. The minimum atomic E-state index is -0.813. The molecule has 0 atom stereocenters. The second kappa shape index (κ2) is 8.82. The fourth-order valence-electron chi connectivity index (χ4n) is 2.65. The van der Waals surface area contributed by atoms with E-state index in [4.69, 9.17) is 9.47 Å². The number of urea groups is 1. The van der Waals surface area contributed by atoms with Gasteiger partial charge in [0.2, 0.25) is 0 Å². The van der Waals surface area contributed by atoms with Crippen LogP contribution in [0, 0.1) is 0 Å². The molecule has 0 aromatic heterocycles. The van der Waals surface area contributed by atoms with Gasteiger partial charge >= 0.3 is 6.03 Å². The standard InChI is InChI=1S/C18H27N3O4/c1-4-21(5-2)16(22)14-9-6-7-10-15(14)20-17(23)19-13-18(3)24-11-8-12-25-18/h6-7,9-10H,4-5,8,11-13H2,1-3H3,(H2,19,20,23). The summed E-state index contributed by atoms with van der Waals surface area (Å²) in [6.45, 7) is 8.33. The Bertz CT molecular complexity index is 596. The lowest BCUT2D eigenvalue weighted by Crippen LogP contribution is -2.48. The first-order chi connectivity index (χ1) is 12.0. The Morgan fingerprint density at radius 1 is 1.16 bits per heavy atom. The quantitative estimate of drug-likeness (QED) is 0.827. The van der Waals surface area contributed by atoms with Gasteiger partial charge in [0.15, 0.2) is 5.79 Å². The van der Waals surface area contributed by atoms with Gasteiger partial charge < -0.3 is 25.0 Å². The van der Waals surface area contributed by atoms with E-state index >= 15 is 0 Å². The van der Waals surface area contributed by atoms with Gasteiger partial charge in [-0.1, -0.05) is 12.1 Å². The van der Waals surface area contributed by atoms with Crippen LogP contribution in [-0.2, 0) is 9.47 Å². The lowest BCUT2D eigenvalue weighted by atomic mass is 10.1. The molecule has 1 heterocycles. The molecule has 1 aromatic carbocycles. The molecule has 25 heavy (non-hydrogen) atoms. The number of hydrogen-bond donors (Lipinski definition) is 2. The molecule has 0 spiro atoms. The van der Waals surface area contributed by atoms with Gasteiger partial charge in [-0.05, 0) is 39.3 Å². The fourth-order valence-corrected chi connectivity index (χ4v) is 2.65. The van der Waals surface area contributed by atoms with Crippen molar-refractivity contribution in [3.05, 3.63) is 29.8 Å². The number of nitrogens with one attached hydrogen (secondary N) is 2. The summed E-state index contributed by atoms with van der Waals surface area (Å²) in [5.41, 5.74) is 0.949. The van der Waals surface area contributed by atoms with E-state index in [2.05, 4.69) is 10.6 Å². The molecule has 3 amide bonds. The van der Waals surface area contributed by atoms with Crippen LogP contribution in [-0.4, -0.2) is 55.5 Å². The van der Waals surface area contributed by atoms with Crippen molar-refractivity contribution in [1.82, 2.24) is 10.2 Å². The van der Waals surface area contributed by atoms with E-state index in [0.717, 1.165) is 6.42 Å². The smallest absolute Gasteiger partial charge is 0.319 e. The summed E-state index contributed by atoms with van der Waals surface area (Å²) in [5.74, 6) is -0.918. The molecule has 1 fully saturated rings. The second-order valence-corrected chi connectivity index (χ2v) is 6.01. The maximum atomic E-state index is 12.6. The SMILES string of the molecule is CCN(CC)C(=O)c1ccccc1NC(=O)NCC1(C)OCCCO1. The number of ether oxygens (including phenoxy) is 2. The Labute approximate surface area is 148 Å². The van der Waals surface area contributed by atoms with Crippen LogP contribution in [0.1, 0.15) is 37.6 Å². The number of carbonyl (C=O) groups excluding carboxylic acids is 2. The summed E-state index contributed by atoms with van der Waals surface area (Å²) >= 11 is 0. The maximum Gasteiger partial charge on any atom is 0.319 e. The molecule has 0 radical (unpaired) electrons. The zero-order chi connectivity index (χ0) is 18.3. The van der Waals surface area contributed by atoms with Crippen LogP contribution in [0.5, 0.6) is 0 Å². The summed E-state index contributed by atoms with van der Waals surface area (Å²) in [7, 11) is 0. The normalized spacial score (nSPS) is 16.1. The van der Waals surface area contributed by atoms with E-state index in [0.29, 0.717) is 37.6 Å². The first kappa shape index (κ1) is 19.2. The predicted octanol–water partition coefficient (Wildman–Crippen LogP) is 2.44. The van der Waals surface area contributed by atoms with E-state index in [1.54, 1.807) is 36.1 Å². The van der Waals surface area contributed by atoms with Gasteiger partial charge in [0.05, 0.1) is 31.0 Å². The summed E-state index contributed by atoms with van der Waals surface area (Å²) in [6, 6.07) is 6.59. The van der Waals surface area contributed by atoms with Crippen molar-refractivity contribution in [3.8, 4) is 0 Å². The molecular weight excluding hydrogens is 322 g/mol. The number of anilines is 1. The maximum absolute atomic E-state index is 12.6. The number of carbonyl (C=O) groups is 2. The third-order valence-corrected chi connectivity index (χ3v) is 4.13. The molecule has 2 rings (SSSR count). The van der Waals surface area contributed by atoms with Gasteiger partial charge in [-0.15, -0.1) is 0 Å². The molecule has 7 heteroatoms. The summed E-state index contributed by atoms with van der Waals surface area (Å²) in [5, 5.41) is 5.48. The van der Waals surface area contributed by atoms with Crippen LogP contribution < -0.4 is 10.6 Å². The molecular formula is C18H27N3O4. The van der Waals surface area contributed by atoms with Crippen LogP contribution in [0.4, 0.5) is 10.5 Å². The van der Waals surface area contributed by atoms with Crippen molar-refractivity contribution in [3.63, 3.8) is 0 Å². The number of hydrogen-bond acceptors (Lipinski definition) is 4. The highest BCUT2D eigenvalue weighted by molar-refractivity contribution is 6.03. The zero-order valence-corrected chi connectivity index (χ0v) is 15.1. The Kier molecular flexibility index (Phi) is 6.78. The van der Waals surface area contributed by atoms with Gasteiger partial charge in [0.1, 0.15) is 0 Å². The molecule has 1 saturated heterocycles. The molecule has 0 aliphatic carbocycles. The van der Waals surface area contributed by atoms with E-state index in [1.807, 2.05) is 13.8 Å². The van der Waals surface area contributed by atoms with E-state index in [-0.39, 0.29) is 12.5 Å². The molecule has 7 nitrogen and oxygen atoms in total. The molecule has 1 aromatic rings. The van der Waals surface area contributed by atoms with E-state index < -0.39 is 11.8 Å². The second-order valence-electron chi connectivity index (χ2n) is 6.01. The molecule has 1 aliphatic heterocycles. The molecule has 138 valence electrons. The Morgan fingerprint density at radius 2 is 1.80 bits per heavy atom. The molecule has 1 aliphatic rings. The first-order valence-electron chi connectivity index (χ1n) is 8.70. The van der Waals surface area contributed by atoms with Crippen LogP contribution in [0.3, 0.4) is 0 Å². The molecule has 0 bridgehead atoms. The van der Waals surface area contributed by atoms with Crippen LogP contribution in [0.25, 0.3) is 0 Å². The van der Waals surface area contributed by atoms with Crippen molar-refractivity contribution in [2.75, 3.05) is 38.2 Å². The number of benzene rings is 1. The van der Waals surface area contributed by atoms with Crippen molar-refractivity contribution in [2.24, 2.45) is 0 Å². The molecule has 2 N–H and O–H groups in total. The van der Waals surface area contributed by atoms with Gasteiger partial charge in [0.25, 0.3) is 5.91 Å². The van der Waals surface area contributed by atoms with E-state index in [1.165, 1.54) is 0 Å². The van der Waals surface area contributed by atoms with Crippen molar-refractivity contribution in [1.29, 1.82) is 0 Å². The van der Waals surface area contributed by atoms with Crippen molar-refractivity contribution in [2.45, 2.75) is 33.0 Å². The Hall–Kier alpha value is -2.12. The van der Waals surface area contributed by atoms with Crippen LogP contribution >= 0.6 is 0 Å². The minimum absolute atomic E-state index is 0.105. The van der Waals surface area contributed by atoms with Crippen LogP contribution in [0.15, 0.2) is 24.3 Å². The minimum Gasteiger partial charge on any atom is -0.348 e. The van der Waals surface area contributed by atoms with E-state index in [9.17, 15) is 9.59 Å². The molecule has 0 saturated carbocycles.